The topological polar surface area (TPSA) is 64.4 Å². The summed E-state index contributed by atoms with van der Waals surface area (Å²) in [5, 5.41) is 4.57. The molecule has 1 fully saturated rings. The van der Waals surface area contributed by atoms with E-state index in [4.69, 9.17) is 4.74 Å². The predicted octanol–water partition coefficient (Wildman–Crippen LogP) is 3.37. The molecule has 0 unspecified atom stereocenters. The van der Waals surface area contributed by atoms with Crippen LogP contribution in [0.4, 0.5) is 0 Å². The number of benzene rings is 1. The van der Waals surface area contributed by atoms with Gasteiger partial charge in [0.15, 0.2) is 6.10 Å². The number of hydrogen-bond donors (Lipinski definition) is 0. The monoisotopic (exact) mass is 383 g/mol. The first kappa shape index (κ1) is 20.1. The Hall–Kier alpha value is -2.63. The summed E-state index contributed by atoms with van der Waals surface area (Å²) in [6, 6.07) is 9.81. The van der Waals surface area contributed by atoms with Gasteiger partial charge >= 0.3 is 5.97 Å². The molecule has 6 heteroatoms. The Morgan fingerprint density at radius 3 is 2.36 bits per heavy atom. The molecule has 150 valence electrons. The number of carbonyl (C=O) groups excluding carboxylic acids is 2. The van der Waals surface area contributed by atoms with E-state index >= 15 is 0 Å². The van der Waals surface area contributed by atoms with Gasteiger partial charge in [0.05, 0.1) is 17.8 Å². The van der Waals surface area contributed by atoms with Crippen molar-refractivity contribution in [2.45, 2.75) is 59.0 Å². The molecule has 2 aromatic rings. The minimum Gasteiger partial charge on any atom is -0.452 e. The maximum absolute atomic E-state index is 12.6. The van der Waals surface area contributed by atoms with Crippen LogP contribution in [0.5, 0.6) is 0 Å². The highest BCUT2D eigenvalue weighted by Gasteiger charge is 2.25. The zero-order valence-electron chi connectivity index (χ0n) is 17.0. The van der Waals surface area contributed by atoms with Crippen molar-refractivity contribution in [2.24, 2.45) is 0 Å². The van der Waals surface area contributed by atoms with Crippen LogP contribution < -0.4 is 0 Å². The number of nitrogens with zero attached hydrogens (tertiary/aromatic N) is 3. The van der Waals surface area contributed by atoms with Crippen LogP contribution in [0.15, 0.2) is 30.3 Å². The van der Waals surface area contributed by atoms with E-state index in [0.717, 1.165) is 61.4 Å². The Bertz CT molecular complexity index is 821. The van der Waals surface area contributed by atoms with Crippen molar-refractivity contribution in [2.75, 3.05) is 13.1 Å². The number of para-hydroxylation sites is 1. The molecule has 6 nitrogen and oxygen atoms in total. The van der Waals surface area contributed by atoms with Crippen LogP contribution in [-0.4, -0.2) is 45.8 Å². The van der Waals surface area contributed by atoms with E-state index in [-0.39, 0.29) is 12.3 Å². The number of likely N-dealkylation sites (tertiary alicyclic amines) is 1. The Morgan fingerprint density at radius 1 is 1.07 bits per heavy atom. The number of hydrogen-bond acceptors (Lipinski definition) is 4. The van der Waals surface area contributed by atoms with Gasteiger partial charge in [-0.1, -0.05) is 31.0 Å². The molecule has 1 atom stereocenters. The Labute approximate surface area is 166 Å². The molecule has 1 aromatic heterocycles. The summed E-state index contributed by atoms with van der Waals surface area (Å²) in [4.78, 5) is 26.9. The molecule has 0 bridgehead atoms. The third kappa shape index (κ3) is 4.61. The highest BCUT2D eigenvalue weighted by molar-refractivity contribution is 5.84. The largest absolute Gasteiger partial charge is 0.452 e. The molecule has 28 heavy (non-hydrogen) atoms. The summed E-state index contributed by atoms with van der Waals surface area (Å²) in [7, 11) is 0. The van der Waals surface area contributed by atoms with Gasteiger partial charge in [0.2, 0.25) is 0 Å². The Balaban J connectivity index is 1.64. The fourth-order valence-corrected chi connectivity index (χ4v) is 3.73. The predicted molar refractivity (Wildman–Crippen MR) is 107 cm³/mol. The number of rotatable bonds is 5. The van der Waals surface area contributed by atoms with E-state index in [1.165, 1.54) is 0 Å². The molecule has 0 radical (unpaired) electrons. The summed E-state index contributed by atoms with van der Waals surface area (Å²) in [5.74, 6) is -0.488. The molecular formula is C22H29N3O3. The molecule has 1 aliphatic heterocycles. The SMILES string of the molecule is Cc1nn(-c2ccccc2)c(C)c1CC(=O)O[C@@H](C)C(=O)N1CCCCCC1. The van der Waals surface area contributed by atoms with E-state index < -0.39 is 12.1 Å². The number of ether oxygens (including phenoxy) is 1. The smallest absolute Gasteiger partial charge is 0.311 e. The van der Waals surface area contributed by atoms with Crippen LogP contribution >= 0.6 is 0 Å². The second-order valence-corrected chi connectivity index (χ2v) is 7.45. The van der Waals surface area contributed by atoms with Gasteiger partial charge < -0.3 is 9.64 Å². The maximum Gasteiger partial charge on any atom is 0.311 e. The van der Waals surface area contributed by atoms with E-state index in [9.17, 15) is 9.59 Å². The minimum atomic E-state index is -0.754. The minimum absolute atomic E-state index is 0.0938. The molecule has 1 amide bonds. The fourth-order valence-electron chi connectivity index (χ4n) is 3.73. The quantitative estimate of drug-likeness (QED) is 0.743. The zero-order chi connectivity index (χ0) is 20.1. The molecule has 0 N–H and O–H groups in total. The van der Waals surface area contributed by atoms with Gasteiger partial charge in [-0.15, -0.1) is 0 Å². The molecule has 0 saturated carbocycles. The van der Waals surface area contributed by atoms with Gasteiger partial charge in [0, 0.05) is 24.3 Å². The van der Waals surface area contributed by atoms with E-state index in [1.54, 1.807) is 6.92 Å². The van der Waals surface area contributed by atoms with Crippen LogP contribution in [0.25, 0.3) is 5.69 Å². The fraction of sp³-hybridized carbons (Fsp3) is 0.500. The third-order valence-electron chi connectivity index (χ3n) is 5.34. The molecular weight excluding hydrogens is 354 g/mol. The maximum atomic E-state index is 12.6. The van der Waals surface area contributed by atoms with Crippen molar-refractivity contribution in [3.63, 3.8) is 0 Å². The molecule has 1 aromatic carbocycles. The normalized spacial score (nSPS) is 15.8. The van der Waals surface area contributed by atoms with Gasteiger partial charge in [0.25, 0.3) is 5.91 Å². The number of esters is 1. The van der Waals surface area contributed by atoms with Crippen LogP contribution in [0, 0.1) is 13.8 Å². The highest BCUT2D eigenvalue weighted by atomic mass is 16.5. The van der Waals surface area contributed by atoms with Crippen molar-refractivity contribution in [3.8, 4) is 5.69 Å². The van der Waals surface area contributed by atoms with Crippen molar-refractivity contribution in [1.29, 1.82) is 0 Å². The van der Waals surface area contributed by atoms with Gasteiger partial charge in [0.1, 0.15) is 0 Å². The van der Waals surface area contributed by atoms with Gasteiger partial charge in [-0.25, -0.2) is 4.68 Å². The van der Waals surface area contributed by atoms with Crippen LogP contribution in [-0.2, 0) is 20.7 Å². The van der Waals surface area contributed by atoms with Gasteiger partial charge in [-0.3, -0.25) is 9.59 Å². The van der Waals surface area contributed by atoms with E-state index in [0.29, 0.717) is 0 Å². The molecule has 1 saturated heterocycles. The summed E-state index contributed by atoms with van der Waals surface area (Å²) >= 11 is 0. The van der Waals surface area contributed by atoms with Crippen LogP contribution in [0.2, 0.25) is 0 Å². The summed E-state index contributed by atoms with van der Waals surface area (Å²) < 4.78 is 7.30. The van der Waals surface area contributed by atoms with Crippen molar-refractivity contribution in [1.82, 2.24) is 14.7 Å². The summed E-state index contributed by atoms with van der Waals surface area (Å²) in [6.07, 6.45) is 3.70. The van der Waals surface area contributed by atoms with Crippen molar-refractivity contribution in [3.05, 3.63) is 47.3 Å². The van der Waals surface area contributed by atoms with Crippen molar-refractivity contribution < 1.29 is 14.3 Å². The number of aryl methyl sites for hydroxylation is 1. The Kier molecular flexibility index (Phi) is 6.49. The lowest BCUT2D eigenvalue weighted by molar-refractivity contribution is -0.158. The summed E-state index contributed by atoms with van der Waals surface area (Å²) in [5.41, 5.74) is 3.51. The lowest BCUT2D eigenvalue weighted by Gasteiger charge is -2.24. The second kappa shape index (κ2) is 9.04. The molecule has 1 aliphatic rings. The van der Waals surface area contributed by atoms with E-state index in [1.807, 2.05) is 53.8 Å². The van der Waals surface area contributed by atoms with Gasteiger partial charge in [-0.05, 0) is 45.7 Å². The van der Waals surface area contributed by atoms with Crippen LogP contribution in [0.1, 0.15) is 49.6 Å². The lowest BCUT2D eigenvalue weighted by atomic mass is 10.1. The lowest BCUT2D eigenvalue weighted by Crippen LogP contribution is -2.40. The number of amides is 1. The number of carbonyl (C=O) groups is 2. The summed E-state index contributed by atoms with van der Waals surface area (Å²) in [6.45, 7) is 7.01. The molecule has 3 rings (SSSR count). The van der Waals surface area contributed by atoms with Gasteiger partial charge in [-0.2, -0.15) is 5.10 Å². The average Bonchev–Trinajstić information content (AvgIpc) is 2.88. The third-order valence-corrected chi connectivity index (χ3v) is 5.34. The Morgan fingerprint density at radius 2 is 1.71 bits per heavy atom. The molecule has 2 heterocycles. The average molecular weight is 383 g/mol. The second-order valence-electron chi connectivity index (χ2n) is 7.45. The first-order chi connectivity index (χ1) is 13.5. The highest BCUT2D eigenvalue weighted by Crippen LogP contribution is 2.19. The zero-order valence-corrected chi connectivity index (χ0v) is 17.0. The first-order valence-corrected chi connectivity index (χ1v) is 10.1. The number of aromatic nitrogens is 2. The first-order valence-electron chi connectivity index (χ1n) is 10.1. The molecule has 0 aliphatic carbocycles. The van der Waals surface area contributed by atoms with Crippen molar-refractivity contribution >= 4 is 11.9 Å². The van der Waals surface area contributed by atoms with E-state index in [2.05, 4.69) is 5.10 Å². The standard InChI is InChI=1S/C22H29N3O3/c1-16-20(17(2)25(23-16)19-11-7-6-8-12-19)15-21(26)28-18(3)22(27)24-13-9-4-5-10-14-24/h6-8,11-12,18H,4-5,9-10,13-15H2,1-3H3/t18-/m0/s1. The van der Waals surface area contributed by atoms with Crippen LogP contribution in [0.3, 0.4) is 0 Å². The molecule has 0 spiro atoms.